The monoisotopic (exact) mass is 370 g/mol. The lowest BCUT2D eigenvalue weighted by Crippen LogP contribution is -2.51. The number of nitrogens with zero attached hydrogens (tertiary/aromatic N) is 2. The van der Waals surface area contributed by atoms with Crippen molar-refractivity contribution in [1.29, 1.82) is 0 Å². The van der Waals surface area contributed by atoms with E-state index in [1.54, 1.807) is 6.07 Å². The van der Waals surface area contributed by atoms with Gasteiger partial charge in [0.25, 0.3) is 5.91 Å². The van der Waals surface area contributed by atoms with Gasteiger partial charge in [-0.25, -0.2) is 4.98 Å². The molecule has 144 valence electrons. The topological polar surface area (TPSA) is 104 Å². The van der Waals surface area contributed by atoms with Crippen molar-refractivity contribution in [3.8, 4) is 0 Å². The molecule has 1 heterocycles. The molecule has 27 heavy (non-hydrogen) atoms. The number of aliphatic hydroxyl groups excluding tert-OH is 1. The van der Waals surface area contributed by atoms with Gasteiger partial charge in [-0.05, 0) is 25.0 Å². The van der Waals surface area contributed by atoms with Crippen molar-refractivity contribution in [2.75, 3.05) is 6.61 Å². The van der Waals surface area contributed by atoms with Crippen LogP contribution in [0.3, 0.4) is 0 Å². The third-order valence-electron chi connectivity index (χ3n) is 4.94. The van der Waals surface area contributed by atoms with Gasteiger partial charge < -0.3 is 15.7 Å². The number of amides is 2. The molecule has 2 aromatic rings. The van der Waals surface area contributed by atoms with E-state index in [-0.39, 0.29) is 17.6 Å². The van der Waals surface area contributed by atoms with E-state index in [0.717, 1.165) is 25.7 Å². The molecule has 3 N–H and O–H groups in total. The van der Waals surface area contributed by atoms with Crippen molar-refractivity contribution in [1.82, 2.24) is 20.6 Å². The number of hydrogen-bond donors (Lipinski definition) is 3. The number of rotatable bonds is 5. The van der Waals surface area contributed by atoms with E-state index in [0.29, 0.717) is 11.0 Å². The smallest absolute Gasteiger partial charge is 0.272 e. The van der Waals surface area contributed by atoms with Crippen LogP contribution in [0.2, 0.25) is 0 Å². The van der Waals surface area contributed by atoms with Crippen LogP contribution in [0, 0.1) is 0 Å². The maximum absolute atomic E-state index is 12.5. The molecule has 0 saturated heterocycles. The van der Waals surface area contributed by atoms with Crippen LogP contribution in [0.15, 0.2) is 30.5 Å². The number of hydrogen-bond acceptors (Lipinski definition) is 5. The van der Waals surface area contributed by atoms with Crippen LogP contribution < -0.4 is 10.6 Å². The Morgan fingerprint density at radius 3 is 2.44 bits per heavy atom. The minimum absolute atomic E-state index is 0.101. The average molecular weight is 370 g/mol. The second-order valence-electron chi connectivity index (χ2n) is 7.00. The van der Waals surface area contributed by atoms with Gasteiger partial charge in [0.2, 0.25) is 5.91 Å². The molecular formula is C20H26N4O3. The predicted molar refractivity (Wildman–Crippen MR) is 102 cm³/mol. The highest BCUT2D eigenvalue weighted by molar-refractivity contribution is 5.97. The van der Waals surface area contributed by atoms with Gasteiger partial charge in [0, 0.05) is 6.04 Å². The summed E-state index contributed by atoms with van der Waals surface area (Å²) < 4.78 is 0. The standard InChI is InChI=1S/C20H26N4O3/c25-13-18(20(27)22-14-8-4-2-1-3-5-9-14)24-19(26)17-12-21-15-10-6-7-11-16(15)23-17/h6-7,10-12,14,18,25H,1-5,8-9,13H2,(H,22,27)(H,24,26). The molecule has 7 heteroatoms. The average Bonchev–Trinajstić information content (AvgIpc) is 2.67. The first kappa shape index (κ1) is 19.2. The van der Waals surface area contributed by atoms with Gasteiger partial charge >= 0.3 is 0 Å². The largest absolute Gasteiger partial charge is 0.394 e. The second-order valence-corrected chi connectivity index (χ2v) is 7.00. The number of aromatic nitrogens is 2. The normalized spacial score (nSPS) is 16.9. The Bertz CT molecular complexity index is 788. The van der Waals surface area contributed by atoms with E-state index >= 15 is 0 Å². The van der Waals surface area contributed by atoms with Gasteiger partial charge in [-0.3, -0.25) is 14.6 Å². The lowest BCUT2D eigenvalue weighted by molar-refractivity contribution is -0.124. The summed E-state index contributed by atoms with van der Waals surface area (Å²) in [6, 6.07) is 6.34. The molecule has 3 rings (SSSR count). The highest BCUT2D eigenvalue weighted by atomic mass is 16.3. The molecule has 1 aromatic heterocycles. The molecule has 1 unspecified atom stereocenters. The molecule has 0 spiro atoms. The van der Waals surface area contributed by atoms with Crippen LogP contribution in [0.1, 0.15) is 55.4 Å². The van der Waals surface area contributed by atoms with Crippen molar-refractivity contribution >= 4 is 22.8 Å². The molecule has 1 fully saturated rings. The first-order valence-electron chi connectivity index (χ1n) is 9.61. The summed E-state index contributed by atoms with van der Waals surface area (Å²) in [7, 11) is 0. The Morgan fingerprint density at radius 1 is 1.07 bits per heavy atom. The molecule has 0 radical (unpaired) electrons. The summed E-state index contributed by atoms with van der Waals surface area (Å²) in [6.45, 7) is -0.467. The molecule has 1 saturated carbocycles. The summed E-state index contributed by atoms with van der Waals surface area (Å²) in [4.78, 5) is 33.4. The van der Waals surface area contributed by atoms with Gasteiger partial charge in [-0.15, -0.1) is 0 Å². The van der Waals surface area contributed by atoms with E-state index in [2.05, 4.69) is 20.6 Å². The van der Waals surface area contributed by atoms with Crippen LogP contribution in [-0.4, -0.2) is 45.6 Å². The van der Waals surface area contributed by atoms with E-state index in [9.17, 15) is 14.7 Å². The van der Waals surface area contributed by atoms with Crippen molar-refractivity contribution < 1.29 is 14.7 Å². The summed E-state index contributed by atoms with van der Waals surface area (Å²) >= 11 is 0. The van der Waals surface area contributed by atoms with E-state index in [1.165, 1.54) is 25.5 Å². The Labute approximate surface area is 158 Å². The van der Waals surface area contributed by atoms with Crippen LogP contribution in [0.25, 0.3) is 11.0 Å². The van der Waals surface area contributed by atoms with E-state index in [1.807, 2.05) is 18.2 Å². The Hall–Kier alpha value is -2.54. The Kier molecular flexibility index (Phi) is 6.70. The second kappa shape index (κ2) is 9.41. The fraction of sp³-hybridized carbons (Fsp3) is 0.500. The molecule has 1 aromatic carbocycles. The van der Waals surface area contributed by atoms with Gasteiger partial charge in [0.05, 0.1) is 23.8 Å². The number of para-hydroxylation sites is 2. The molecule has 1 aliphatic carbocycles. The summed E-state index contributed by atoms with van der Waals surface area (Å²) in [5.41, 5.74) is 1.41. The Morgan fingerprint density at radius 2 is 1.74 bits per heavy atom. The predicted octanol–water partition coefficient (Wildman–Crippen LogP) is 1.95. The molecule has 7 nitrogen and oxygen atoms in total. The van der Waals surface area contributed by atoms with Gasteiger partial charge in [-0.2, -0.15) is 0 Å². The number of fused-ring (bicyclic) bond motifs is 1. The van der Waals surface area contributed by atoms with Crippen LogP contribution in [0.4, 0.5) is 0 Å². The third kappa shape index (κ3) is 5.23. The van der Waals surface area contributed by atoms with Crippen molar-refractivity contribution in [2.24, 2.45) is 0 Å². The highest BCUT2D eigenvalue weighted by Crippen LogP contribution is 2.17. The zero-order chi connectivity index (χ0) is 19.1. The summed E-state index contributed by atoms with van der Waals surface area (Å²) in [5.74, 6) is -0.884. The molecule has 0 aliphatic heterocycles. The molecule has 2 amide bonds. The van der Waals surface area contributed by atoms with Gasteiger partial charge in [-0.1, -0.05) is 44.2 Å². The van der Waals surface area contributed by atoms with E-state index in [4.69, 9.17) is 0 Å². The minimum Gasteiger partial charge on any atom is -0.394 e. The van der Waals surface area contributed by atoms with Crippen LogP contribution in [0.5, 0.6) is 0 Å². The fourth-order valence-electron chi connectivity index (χ4n) is 3.40. The van der Waals surface area contributed by atoms with Crippen LogP contribution in [-0.2, 0) is 4.79 Å². The van der Waals surface area contributed by atoms with Crippen molar-refractivity contribution in [3.05, 3.63) is 36.2 Å². The van der Waals surface area contributed by atoms with Gasteiger partial charge in [0.1, 0.15) is 11.7 Å². The maximum Gasteiger partial charge on any atom is 0.272 e. The number of nitrogens with one attached hydrogen (secondary N) is 2. The highest BCUT2D eigenvalue weighted by Gasteiger charge is 2.24. The number of benzene rings is 1. The van der Waals surface area contributed by atoms with Crippen molar-refractivity contribution in [2.45, 2.75) is 57.0 Å². The molecule has 0 bridgehead atoms. The minimum atomic E-state index is -1.00. The van der Waals surface area contributed by atoms with Crippen LogP contribution >= 0.6 is 0 Å². The molecule has 1 aliphatic rings. The van der Waals surface area contributed by atoms with E-state index < -0.39 is 18.6 Å². The Balaban J connectivity index is 1.62. The SMILES string of the molecule is O=C(NC(CO)C(=O)NC1CCCCCCC1)c1cnc2ccccc2n1. The zero-order valence-electron chi connectivity index (χ0n) is 15.4. The first-order chi connectivity index (χ1) is 13.2. The lowest BCUT2D eigenvalue weighted by atomic mass is 9.96. The fourth-order valence-corrected chi connectivity index (χ4v) is 3.40. The number of carbonyl (C=O) groups is 2. The number of aliphatic hydroxyl groups is 1. The molecular weight excluding hydrogens is 344 g/mol. The maximum atomic E-state index is 12.5. The van der Waals surface area contributed by atoms with Crippen molar-refractivity contribution in [3.63, 3.8) is 0 Å². The number of carbonyl (C=O) groups excluding carboxylic acids is 2. The quantitative estimate of drug-likeness (QED) is 0.746. The van der Waals surface area contributed by atoms with Gasteiger partial charge in [0.15, 0.2) is 0 Å². The molecule has 1 atom stereocenters. The zero-order valence-corrected chi connectivity index (χ0v) is 15.4. The first-order valence-corrected chi connectivity index (χ1v) is 9.61. The lowest BCUT2D eigenvalue weighted by Gasteiger charge is -2.24. The summed E-state index contributed by atoms with van der Waals surface area (Å²) in [6.07, 6.45) is 9.06. The summed E-state index contributed by atoms with van der Waals surface area (Å²) in [5, 5.41) is 15.1. The third-order valence-corrected chi connectivity index (χ3v) is 4.94.